The van der Waals surface area contributed by atoms with Gasteiger partial charge in [0.05, 0.1) is 6.20 Å². The number of rotatable bonds is 1. The third-order valence-electron chi connectivity index (χ3n) is 0.645. The van der Waals surface area contributed by atoms with Crippen molar-refractivity contribution in [2.24, 2.45) is 0 Å². The molecule has 0 bridgehead atoms. The van der Waals surface area contributed by atoms with Gasteiger partial charge in [-0.25, -0.2) is 0 Å². The normalized spacial score (nSPS) is 8.50. The molecule has 1 rings (SSSR count). The molecular formula is C4H3N3O. The molecule has 0 aromatic carbocycles. The number of hydrogen-bond acceptors (Lipinski definition) is 4. The summed E-state index contributed by atoms with van der Waals surface area (Å²) < 4.78 is 0. The van der Waals surface area contributed by atoms with E-state index in [4.69, 9.17) is 0 Å². The first kappa shape index (κ1) is 4.83. The molecule has 40 valence electrons. The van der Waals surface area contributed by atoms with Gasteiger partial charge in [-0.15, -0.1) is 10.2 Å². The van der Waals surface area contributed by atoms with Gasteiger partial charge in [0.25, 0.3) is 0 Å². The zero-order valence-corrected chi connectivity index (χ0v) is 3.98. The number of hydrogen-bond donors (Lipinski definition) is 0. The highest BCUT2D eigenvalue weighted by Crippen LogP contribution is 1.78. The Morgan fingerprint density at radius 1 is 1.62 bits per heavy atom. The molecule has 0 saturated heterocycles. The van der Waals surface area contributed by atoms with Crippen LogP contribution >= 0.6 is 0 Å². The highest BCUT2D eigenvalue weighted by atomic mass is 16.1. The van der Waals surface area contributed by atoms with E-state index < -0.39 is 0 Å². The Bertz CT molecular complexity index is 174. The van der Waals surface area contributed by atoms with Crippen molar-refractivity contribution >= 4 is 6.29 Å². The van der Waals surface area contributed by atoms with Crippen molar-refractivity contribution in [3.63, 3.8) is 0 Å². The van der Waals surface area contributed by atoms with E-state index in [-0.39, 0.29) is 0 Å². The monoisotopic (exact) mass is 109 g/mol. The van der Waals surface area contributed by atoms with Gasteiger partial charge in [-0.3, -0.25) is 4.79 Å². The van der Waals surface area contributed by atoms with Crippen LogP contribution in [0, 0.1) is 0 Å². The second-order valence-electron chi connectivity index (χ2n) is 1.16. The molecule has 0 radical (unpaired) electrons. The molecule has 0 fully saturated rings. The van der Waals surface area contributed by atoms with Crippen LogP contribution in [0.2, 0.25) is 0 Å². The summed E-state index contributed by atoms with van der Waals surface area (Å²) in [6.45, 7) is 0. The molecule has 0 atom stereocenters. The van der Waals surface area contributed by atoms with Crippen molar-refractivity contribution in [2.75, 3.05) is 0 Å². The Balaban J connectivity index is 2.99. The fourth-order valence-corrected chi connectivity index (χ4v) is 0.313. The molecular weight excluding hydrogens is 106 g/mol. The highest BCUT2D eigenvalue weighted by molar-refractivity contribution is 5.70. The highest BCUT2D eigenvalue weighted by Gasteiger charge is 1.84. The quantitative estimate of drug-likeness (QED) is 0.464. The van der Waals surface area contributed by atoms with Crippen molar-refractivity contribution in [3.8, 4) is 0 Å². The van der Waals surface area contributed by atoms with Gasteiger partial charge in [-0.05, 0) is 11.3 Å². The Kier molecular flexibility index (Phi) is 1.27. The average molecular weight is 109 g/mol. The Morgan fingerprint density at radius 3 is 2.88 bits per heavy atom. The van der Waals surface area contributed by atoms with E-state index >= 15 is 0 Å². The van der Waals surface area contributed by atoms with Gasteiger partial charge in [0.2, 0.25) is 0 Å². The lowest BCUT2D eigenvalue weighted by atomic mass is 10.5. The maximum absolute atomic E-state index is 9.88. The molecule has 0 aliphatic rings. The van der Waals surface area contributed by atoms with Crippen LogP contribution in [0.25, 0.3) is 0 Å². The maximum atomic E-state index is 9.88. The minimum atomic E-state index is 0.306. The van der Waals surface area contributed by atoms with E-state index in [2.05, 4.69) is 15.4 Å². The summed E-state index contributed by atoms with van der Waals surface area (Å²) in [5, 5.41) is 9.97. The summed E-state index contributed by atoms with van der Waals surface area (Å²) in [6.07, 6.45) is 2.03. The smallest absolute Gasteiger partial charge is 0.170 e. The van der Waals surface area contributed by atoms with Crippen LogP contribution in [-0.2, 0) is 0 Å². The molecule has 8 heavy (non-hydrogen) atoms. The zero-order valence-electron chi connectivity index (χ0n) is 3.98. The van der Waals surface area contributed by atoms with Crippen molar-refractivity contribution in [1.29, 1.82) is 0 Å². The van der Waals surface area contributed by atoms with Gasteiger partial charge in [0, 0.05) is 0 Å². The first-order valence-corrected chi connectivity index (χ1v) is 2.03. The van der Waals surface area contributed by atoms with Gasteiger partial charge in [-0.2, -0.15) is 0 Å². The molecule has 0 aliphatic heterocycles. The number of carbonyl (C=O) groups excluding carboxylic acids is 1. The second kappa shape index (κ2) is 2.11. The van der Waals surface area contributed by atoms with Crippen LogP contribution in [-0.4, -0.2) is 21.7 Å². The van der Waals surface area contributed by atoms with E-state index in [0.717, 1.165) is 0 Å². The standard InChI is InChI=1S/C4H3N3O/c8-3-4-1-2-5-7-6-4/h1-3H. The van der Waals surface area contributed by atoms with E-state index in [1.54, 1.807) is 0 Å². The molecule has 0 unspecified atom stereocenters. The fraction of sp³-hybridized carbons (Fsp3) is 0. The molecule has 4 nitrogen and oxygen atoms in total. The molecule has 1 aromatic heterocycles. The maximum Gasteiger partial charge on any atom is 0.170 e. The second-order valence-corrected chi connectivity index (χ2v) is 1.16. The van der Waals surface area contributed by atoms with Crippen LogP contribution in [0.3, 0.4) is 0 Å². The van der Waals surface area contributed by atoms with Crippen molar-refractivity contribution in [2.45, 2.75) is 0 Å². The molecule has 1 aromatic rings. The zero-order chi connectivity index (χ0) is 5.82. The first-order chi connectivity index (χ1) is 3.93. The minimum absolute atomic E-state index is 0.306. The molecule has 4 heteroatoms. The van der Waals surface area contributed by atoms with E-state index in [0.29, 0.717) is 12.0 Å². The number of nitrogens with zero attached hydrogens (tertiary/aromatic N) is 3. The lowest BCUT2D eigenvalue weighted by molar-refractivity contribution is 0.111. The van der Waals surface area contributed by atoms with E-state index in [1.807, 2.05) is 0 Å². The van der Waals surface area contributed by atoms with Gasteiger partial charge in [-0.1, -0.05) is 0 Å². The third kappa shape index (κ3) is 0.841. The molecule has 0 saturated carbocycles. The lowest BCUT2D eigenvalue weighted by Crippen LogP contribution is -1.90. The predicted octanol–water partition coefficient (Wildman–Crippen LogP) is -0.316. The first-order valence-electron chi connectivity index (χ1n) is 2.03. The largest absolute Gasteiger partial charge is 0.296 e. The minimum Gasteiger partial charge on any atom is -0.296 e. The molecule has 0 amide bonds. The SMILES string of the molecule is O=Cc1ccnnn1. The van der Waals surface area contributed by atoms with Crippen LogP contribution < -0.4 is 0 Å². The summed E-state index contributed by atoms with van der Waals surface area (Å²) in [5.74, 6) is 0. The van der Waals surface area contributed by atoms with Crippen molar-refractivity contribution in [1.82, 2.24) is 15.4 Å². The van der Waals surface area contributed by atoms with E-state index in [9.17, 15) is 4.79 Å². The molecule has 0 N–H and O–H groups in total. The van der Waals surface area contributed by atoms with Crippen molar-refractivity contribution < 1.29 is 4.79 Å². The summed E-state index contributed by atoms with van der Waals surface area (Å²) >= 11 is 0. The topological polar surface area (TPSA) is 55.7 Å². The summed E-state index contributed by atoms with van der Waals surface area (Å²) in [7, 11) is 0. The number of carbonyl (C=O) groups is 1. The molecule has 1 heterocycles. The van der Waals surface area contributed by atoms with Gasteiger partial charge < -0.3 is 0 Å². The Labute approximate surface area is 45.6 Å². The fourth-order valence-electron chi connectivity index (χ4n) is 0.313. The number of aromatic nitrogens is 3. The van der Waals surface area contributed by atoms with Crippen LogP contribution in [0.1, 0.15) is 10.5 Å². The van der Waals surface area contributed by atoms with Gasteiger partial charge in [0.1, 0.15) is 5.69 Å². The van der Waals surface area contributed by atoms with Crippen LogP contribution in [0.5, 0.6) is 0 Å². The third-order valence-corrected chi connectivity index (χ3v) is 0.645. The summed E-state index contributed by atoms with van der Waals surface area (Å²) in [4.78, 5) is 9.88. The molecule has 0 spiro atoms. The Morgan fingerprint density at radius 2 is 2.50 bits per heavy atom. The van der Waals surface area contributed by atoms with Crippen LogP contribution in [0.4, 0.5) is 0 Å². The molecule has 0 aliphatic carbocycles. The van der Waals surface area contributed by atoms with Crippen LogP contribution in [0.15, 0.2) is 12.3 Å². The lowest BCUT2D eigenvalue weighted by Gasteiger charge is -1.78. The predicted molar refractivity (Wildman–Crippen MR) is 25.2 cm³/mol. The summed E-state index contributed by atoms with van der Waals surface area (Å²) in [6, 6.07) is 1.49. The number of aldehydes is 1. The van der Waals surface area contributed by atoms with Crippen molar-refractivity contribution in [3.05, 3.63) is 18.0 Å². The van der Waals surface area contributed by atoms with Gasteiger partial charge in [0.15, 0.2) is 6.29 Å². The van der Waals surface area contributed by atoms with Gasteiger partial charge >= 0.3 is 0 Å². The Hall–Kier alpha value is -1.32. The summed E-state index contributed by atoms with van der Waals surface area (Å²) in [5.41, 5.74) is 0.306. The van der Waals surface area contributed by atoms with E-state index in [1.165, 1.54) is 12.3 Å². The average Bonchev–Trinajstić information content (AvgIpc) is 1.90.